The van der Waals surface area contributed by atoms with Crippen LogP contribution in [0.15, 0.2) is 42.5 Å². The first kappa shape index (κ1) is 7.43. The summed E-state index contributed by atoms with van der Waals surface area (Å²) >= 11 is 0. The molecule has 0 spiro atoms. The van der Waals surface area contributed by atoms with E-state index < -0.39 is 0 Å². The fraction of sp³-hybridized carbons (Fsp3) is 0. The van der Waals surface area contributed by atoms with Crippen molar-refractivity contribution in [3.05, 3.63) is 42.5 Å². The summed E-state index contributed by atoms with van der Waals surface area (Å²) < 4.78 is 0. The predicted molar refractivity (Wildman–Crippen MR) is 39.5 cm³/mol. The van der Waals surface area contributed by atoms with Gasteiger partial charge in [-0.05, 0) is 0 Å². The van der Waals surface area contributed by atoms with E-state index >= 15 is 0 Å². The Morgan fingerprint density at radius 3 is 2.60 bits per heavy atom. The Kier molecular flexibility index (Phi) is 2.18. The maximum Gasteiger partial charge on any atom is 2.00 e. The minimum atomic E-state index is 0. The van der Waals surface area contributed by atoms with Crippen LogP contribution in [0.1, 0.15) is 0 Å². The van der Waals surface area contributed by atoms with Crippen LogP contribution in [0, 0.1) is 0 Å². The van der Waals surface area contributed by atoms with E-state index in [2.05, 4.69) is 42.5 Å². The van der Waals surface area contributed by atoms with E-state index in [9.17, 15) is 0 Å². The van der Waals surface area contributed by atoms with Crippen LogP contribution in [0.4, 0.5) is 0 Å². The van der Waals surface area contributed by atoms with Crippen molar-refractivity contribution in [2.75, 3.05) is 0 Å². The largest absolute Gasteiger partial charge is 2.00 e. The van der Waals surface area contributed by atoms with Crippen molar-refractivity contribution in [1.29, 1.82) is 0 Å². The Morgan fingerprint density at radius 1 is 1.00 bits per heavy atom. The summed E-state index contributed by atoms with van der Waals surface area (Å²) in [4.78, 5) is 0. The van der Waals surface area contributed by atoms with Gasteiger partial charge in [-0.15, -0.1) is 29.7 Å². The predicted octanol–water partition coefficient (Wildman–Crippen LogP) is 2.56. The van der Waals surface area contributed by atoms with Crippen molar-refractivity contribution in [3.8, 4) is 0 Å². The SMILES string of the molecule is [Ni+2].c1ccc2[cH-]ccc2c1. The molecule has 0 aromatic heterocycles. The molecule has 1 heteroatoms. The molecule has 10 heavy (non-hydrogen) atoms. The van der Waals surface area contributed by atoms with Crippen LogP contribution in [0.3, 0.4) is 0 Å². The number of hydrogen-bond donors (Lipinski definition) is 0. The number of fused-ring (bicyclic) bond motifs is 1. The average molecular weight is 174 g/mol. The monoisotopic (exact) mass is 173 g/mol. The Labute approximate surface area is 70.1 Å². The first-order chi connectivity index (χ1) is 4.47. The summed E-state index contributed by atoms with van der Waals surface area (Å²) in [5, 5.41) is 2.66. The number of benzene rings is 1. The molecule has 52 valence electrons. The number of hydrogen-bond acceptors (Lipinski definition) is 0. The molecule has 2 rings (SSSR count). The van der Waals surface area contributed by atoms with E-state index in [4.69, 9.17) is 0 Å². The summed E-state index contributed by atoms with van der Waals surface area (Å²) in [5.74, 6) is 0. The van der Waals surface area contributed by atoms with Gasteiger partial charge in [0.1, 0.15) is 0 Å². The zero-order valence-corrected chi connectivity index (χ0v) is 6.35. The third-order valence-electron chi connectivity index (χ3n) is 1.55. The van der Waals surface area contributed by atoms with Crippen LogP contribution in [0.5, 0.6) is 0 Å². The van der Waals surface area contributed by atoms with Gasteiger partial charge in [-0.2, -0.15) is 17.5 Å². The molecule has 0 nitrogen and oxygen atoms in total. The van der Waals surface area contributed by atoms with Crippen molar-refractivity contribution in [3.63, 3.8) is 0 Å². The summed E-state index contributed by atoms with van der Waals surface area (Å²) in [6, 6.07) is 14.7. The molecule has 2 aromatic carbocycles. The normalized spacial score (nSPS) is 9.20. The standard InChI is InChI=1S/C9H7.Ni/c1-2-5-9-7-3-6-8(9)4-1;/h1-7H;/q-1;+2. The summed E-state index contributed by atoms with van der Waals surface area (Å²) in [5.41, 5.74) is 0. The topological polar surface area (TPSA) is 0 Å². The molecule has 0 atom stereocenters. The van der Waals surface area contributed by atoms with Gasteiger partial charge < -0.3 is 0 Å². The van der Waals surface area contributed by atoms with Crippen molar-refractivity contribution in [2.45, 2.75) is 0 Å². The van der Waals surface area contributed by atoms with Crippen LogP contribution in [-0.4, -0.2) is 0 Å². The van der Waals surface area contributed by atoms with Gasteiger partial charge in [0.05, 0.1) is 0 Å². The molecule has 0 saturated carbocycles. The first-order valence-corrected chi connectivity index (χ1v) is 3.07. The second kappa shape index (κ2) is 2.94. The van der Waals surface area contributed by atoms with Crippen LogP contribution in [0.25, 0.3) is 10.8 Å². The van der Waals surface area contributed by atoms with Gasteiger partial charge >= 0.3 is 16.5 Å². The van der Waals surface area contributed by atoms with Crippen molar-refractivity contribution >= 4 is 10.8 Å². The Balaban J connectivity index is 0.000000500. The van der Waals surface area contributed by atoms with E-state index in [0.29, 0.717) is 0 Å². The van der Waals surface area contributed by atoms with Gasteiger partial charge in [-0.25, -0.2) is 0 Å². The molecular weight excluding hydrogens is 167 g/mol. The Bertz CT molecular complexity index is 279. The van der Waals surface area contributed by atoms with E-state index in [1.165, 1.54) is 10.8 Å². The fourth-order valence-corrected chi connectivity index (χ4v) is 1.07. The maximum atomic E-state index is 2.12. The molecule has 0 N–H and O–H groups in total. The molecule has 0 aliphatic heterocycles. The third kappa shape index (κ3) is 1.10. The average Bonchev–Trinajstić information content (AvgIpc) is 2.33. The van der Waals surface area contributed by atoms with E-state index in [1.807, 2.05) is 0 Å². The molecule has 0 saturated heterocycles. The summed E-state index contributed by atoms with van der Waals surface area (Å²) in [7, 11) is 0. The zero-order valence-electron chi connectivity index (χ0n) is 5.36. The van der Waals surface area contributed by atoms with E-state index in [0.717, 1.165) is 0 Å². The molecule has 0 bridgehead atoms. The molecule has 0 aliphatic rings. The molecule has 2 aromatic rings. The minimum Gasteiger partial charge on any atom is -0.168 e. The Morgan fingerprint density at radius 2 is 1.80 bits per heavy atom. The first-order valence-electron chi connectivity index (χ1n) is 3.07. The minimum absolute atomic E-state index is 0. The maximum absolute atomic E-state index is 2.12. The second-order valence-corrected chi connectivity index (χ2v) is 2.15. The number of rotatable bonds is 0. The van der Waals surface area contributed by atoms with Crippen molar-refractivity contribution < 1.29 is 16.5 Å². The van der Waals surface area contributed by atoms with Crippen LogP contribution in [-0.2, 0) is 16.5 Å². The van der Waals surface area contributed by atoms with E-state index in [-0.39, 0.29) is 16.5 Å². The van der Waals surface area contributed by atoms with Gasteiger partial charge in [0.2, 0.25) is 0 Å². The smallest absolute Gasteiger partial charge is 0.168 e. The van der Waals surface area contributed by atoms with Crippen LogP contribution >= 0.6 is 0 Å². The summed E-state index contributed by atoms with van der Waals surface area (Å²) in [6.07, 6.45) is 0. The Hall–Kier alpha value is -0.676. The molecule has 0 amide bonds. The van der Waals surface area contributed by atoms with Crippen LogP contribution < -0.4 is 0 Å². The van der Waals surface area contributed by atoms with Gasteiger partial charge in [0.15, 0.2) is 0 Å². The molecule has 0 heterocycles. The summed E-state index contributed by atoms with van der Waals surface area (Å²) in [6.45, 7) is 0. The molecule has 0 aliphatic carbocycles. The molecule has 0 radical (unpaired) electrons. The van der Waals surface area contributed by atoms with Crippen molar-refractivity contribution in [2.24, 2.45) is 0 Å². The van der Waals surface area contributed by atoms with Crippen LogP contribution in [0.2, 0.25) is 0 Å². The third-order valence-corrected chi connectivity index (χ3v) is 1.55. The van der Waals surface area contributed by atoms with E-state index in [1.54, 1.807) is 0 Å². The van der Waals surface area contributed by atoms with Crippen molar-refractivity contribution in [1.82, 2.24) is 0 Å². The zero-order chi connectivity index (χ0) is 6.10. The van der Waals surface area contributed by atoms with Gasteiger partial charge in [0, 0.05) is 0 Å². The van der Waals surface area contributed by atoms with Gasteiger partial charge in [-0.3, -0.25) is 0 Å². The van der Waals surface area contributed by atoms with Gasteiger partial charge in [0.25, 0.3) is 0 Å². The molecule has 0 fully saturated rings. The molecular formula is C9H7Ni+. The second-order valence-electron chi connectivity index (χ2n) is 2.15. The fourth-order valence-electron chi connectivity index (χ4n) is 1.07. The quantitative estimate of drug-likeness (QED) is 0.425. The molecule has 0 unspecified atom stereocenters. The van der Waals surface area contributed by atoms with Gasteiger partial charge in [-0.1, -0.05) is 6.07 Å².